The fourth-order valence-electron chi connectivity index (χ4n) is 1.92. The van der Waals surface area contributed by atoms with E-state index in [0.29, 0.717) is 23.5 Å². The van der Waals surface area contributed by atoms with Gasteiger partial charge in [0.05, 0.1) is 11.4 Å². The fourth-order valence-corrected chi connectivity index (χ4v) is 1.92. The Labute approximate surface area is 122 Å². The van der Waals surface area contributed by atoms with E-state index in [4.69, 9.17) is 0 Å². The predicted octanol–water partition coefficient (Wildman–Crippen LogP) is 2.77. The van der Waals surface area contributed by atoms with Crippen LogP contribution in [-0.4, -0.2) is 19.6 Å². The van der Waals surface area contributed by atoms with Gasteiger partial charge in [-0.3, -0.25) is 4.68 Å². The van der Waals surface area contributed by atoms with E-state index in [1.165, 1.54) is 6.20 Å². The second-order valence-electron chi connectivity index (χ2n) is 4.51. The molecule has 0 unspecified atom stereocenters. The van der Waals surface area contributed by atoms with Crippen LogP contribution in [0.5, 0.6) is 0 Å². The summed E-state index contributed by atoms with van der Waals surface area (Å²) in [7, 11) is 0. The fraction of sp³-hybridized carbons (Fsp3) is 0.500. The van der Waals surface area contributed by atoms with Crippen LogP contribution in [0.2, 0.25) is 0 Å². The van der Waals surface area contributed by atoms with E-state index < -0.39 is 6.55 Å². The minimum absolute atomic E-state index is 0. The molecule has 0 aliphatic rings. The van der Waals surface area contributed by atoms with Crippen molar-refractivity contribution in [1.29, 1.82) is 0 Å². The Kier molecular flexibility index (Phi) is 6.09. The molecule has 0 spiro atoms. The number of nitrogens with zero attached hydrogens (tertiary/aromatic N) is 4. The van der Waals surface area contributed by atoms with E-state index >= 15 is 0 Å². The number of hydrogen-bond acceptors (Lipinski definition) is 3. The number of halogens is 3. The molecule has 1 N–H and O–H groups in total. The molecule has 20 heavy (non-hydrogen) atoms. The van der Waals surface area contributed by atoms with Crippen LogP contribution in [0, 0.1) is 0 Å². The molecule has 0 saturated carbocycles. The maximum Gasteiger partial charge on any atom is 0.333 e. The van der Waals surface area contributed by atoms with Gasteiger partial charge in [-0.25, -0.2) is 4.68 Å². The van der Waals surface area contributed by atoms with Gasteiger partial charge in [-0.15, -0.1) is 12.4 Å². The highest BCUT2D eigenvalue weighted by Gasteiger charge is 2.11. The van der Waals surface area contributed by atoms with Crippen molar-refractivity contribution in [1.82, 2.24) is 24.9 Å². The van der Waals surface area contributed by atoms with Crippen LogP contribution in [0.1, 0.15) is 37.8 Å². The molecule has 0 saturated heterocycles. The number of aromatic nitrogens is 4. The molecular formula is C12H18ClF2N5. The third kappa shape index (κ3) is 3.77. The standard InChI is InChI=1S/C12H17F2N5.ClH/c1-9(2)18-10(3-5-16-18)7-15-8-11-4-6-17-19(11)12(13)14;/h3-6,9,12,15H,7-8H2,1-2H3;1H. The van der Waals surface area contributed by atoms with E-state index in [0.717, 1.165) is 5.69 Å². The highest BCUT2D eigenvalue weighted by Crippen LogP contribution is 2.12. The Balaban J connectivity index is 0.00000200. The van der Waals surface area contributed by atoms with Crippen LogP contribution in [0.4, 0.5) is 8.78 Å². The lowest BCUT2D eigenvalue weighted by Gasteiger charge is -2.12. The minimum Gasteiger partial charge on any atom is -0.306 e. The zero-order valence-corrected chi connectivity index (χ0v) is 12.1. The first-order valence-electron chi connectivity index (χ1n) is 6.13. The molecule has 0 amide bonds. The van der Waals surface area contributed by atoms with Gasteiger partial charge in [0, 0.05) is 31.5 Å². The summed E-state index contributed by atoms with van der Waals surface area (Å²) in [4.78, 5) is 0. The average molecular weight is 306 g/mol. The quantitative estimate of drug-likeness (QED) is 0.892. The molecule has 5 nitrogen and oxygen atoms in total. The van der Waals surface area contributed by atoms with Crippen molar-refractivity contribution in [2.24, 2.45) is 0 Å². The van der Waals surface area contributed by atoms with Crippen LogP contribution in [0.25, 0.3) is 0 Å². The van der Waals surface area contributed by atoms with E-state index in [1.807, 2.05) is 24.6 Å². The van der Waals surface area contributed by atoms with Crippen molar-refractivity contribution >= 4 is 12.4 Å². The first-order chi connectivity index (χ1) is 9.09. The number of rotatable bonds is 6. The molecule has 0 aliphatic carbocycles. The lowest BCUT2D eigenvalue weighted by molar-refractivity contribution is 0.0531. The topological polar surface area (TPSA) is 47.7 Å². The van der Waals surface area contributed by atoms with Gasteiger partial charge in [0.1, 0.15) is 0 Å². The molecule has 112 valence electrons. The molecule has 2 aromatic rings. The molecule has 0 bridgehead atoms. The molecule has 0 radical (unpaired) electrons. The number of alkyl halides is 2. The molecular weight excluding hydrogens is 288 g/mol. The lowest BCUT2D eigenvalue weighted by atomic mass is 10.3. The van der Waals surface area contributed by atoms with Crippen LogP contribution in [0.15, 0.2) is 24.5 Å². The van der Waals surface area contributed by atoms with Gasteiger partial charge in [-0.05, 0) is 26.0 Å². The smallest absolute Gasteiger partial charge is 0.306 e. The van der Waals surface area contributed by atoms with Crippen molar-refractivity contribution in [2.75, 3.05) is 0 Å². The molecule has 8 heteroatoms. The summed E-state index contributed by atoms with van der Waals surface area (Å²) in [6.45, 7) is 2.40. The van der Waals surface area contributed by atoms with Crippen molar-refractivity contribution < 1.29 is 8.78 Å². The van der Waals surface area contributed by atoms with Gasteiger partial charge in [0.25, 0.3) is 0 Å². The van der Waals surface area contributed by atoms with Gasteiger partial charge in [-0.1, -0.05) is 0 Å². The largest absolute Gasteiger partial charge is 0.333 e. The van der Waals surface area contributed by atoms with Gasteiger partial charge in [-0.2, -0.15) is 19.0 Å². The maximum absolute atomic E-state index is 12.6. The van der Waals surface area contributed by atoms with E-state index in [-0.39, 0.29) is 18.4 Å². The third-order valence-electron chi connectivity index (χ3n) is 2.79. The molecule has 2 rings (SSSR count). The second-order valence-corrected chi connectivity index (χ2v) is 4.51. The first-order valence-corrected chi connectivity index (χ1v) is 6.13. The highest BCUT2D eigenvalue weighted by molar-refractivity contribution is 5.85. The van der Waals surface area contributed by atoms with Gasteiger partial charge in [0.15, 0.2) is 0 Å². The minimum atomic E-state index is -2.60. The summed E-state index contributed by atoms with van der Waals surface area (Å²) in [5, 5.41) is 10.9. The summed E-state index contributed by atoms with van der Waals surface area (Å²) in [5.41, 5.74) is 1.49. The summed E-state index contributed by atoms with van der Waals surface area (Å²) < 4.78 is 27.8. The normalized spacial score (nSPS) is 11.1. The van der Waals surface area contributed by atoms with Gasteiger partial charge < -0.3 is 5.32 Å². The zero-order chi connectivity index (χ0) is 13.8. The summed E-state index contributed by atoms with van der Waals surface area (Å²) in [6, 6.07) is 3.77. The van der Waals surface area contributed by atoms with Crippen LogP contribution in [-0.2, 0) is 13.1 Å². The Morgan fingerprint density at radius 1 is 1.05 bits per heavy atom. The van der Waals surface area contributed by atoms with Crippen LogP contribution >= 0.6 is 12.4 Å². The van der Waals surface area contributed by atoms with Gasteiger partial charge in [0.2, 0.25) is 0 Å². The number of nitrogens with one attached hydrogen (secondary N) is 1. The summed E-state index contributed by atoms with van der Waals surface area (Å²) in [6.07, 6.45) is 3.11. The molecule has 0 aromatic carbocycles. The van der Waals surface area contributed by atoms with Crippen molar-refractivity contribution in [3.05, 3.63) is 35.9 Å². The monoisotopic (exact) mass is 305 g/mol. The molecule has 0 aliphatic heterocycles. The average Bonchev–Trinajstić information content (AvgIpc) is 2.96. The molecule has 0 fully saturated rings. The predicted molar refractivity (Wildman–Crippen MR) is 73.9 cm³/mol. The summed E-state index contributed by atoms with van der Waals surface area (Å²) in [5.74, 6) is 0. The van der Waals surface area contributed by atoms with E-state index in [1.54, 1.807) is 12.3 Å². The van der Waals surface area contributed by atoms with Crippen molar-refractivity contribution in [2.45, 2.75) is 39.5 Å². The molecule has 2 heterocycles. The Morgan fingerprint density at radius 2 is 1.55 bits per heavy atom. The van der Waals surface area contributed by atoms with Gasteiger partial charge >= 0.3 is 6.55 Å². The van der Waals surface area contributed by atoms with Crippen molar-refractivity contribution in [3.8, 4) is 0 Å². The van der Waals surface area contributed by atoms with E-state index in [9.17, 15) is 8.78 Å². The summed E-state index contributed by atoms with van der Waals surface area (Å²) >= 11 is 0. The SMILES string of the molecule is CC(C)n1nccc1CNCc1ccnn1C(F)F.Cl. The molecule has 2 aromatic heterocycles. The van der Waals surface area contributed by atoms with Crippen molar-refractivity contribution in [3.63, 3.8) is 0 Å². The zero-order valence-electron chi connectivity index (χ0n) is 11.3. The highest BCUT2D eigenvalue weighted by atomic mass is 35.5. The lowest BCUT2D eigenvalue weighted by Crippen LogP contribution is -2.19. The first kappa shape index (κ1) is 16.6. The number of hydrogen-bond donors (Lipinski definition) is 1. The maximum atomic E-state index is 12.6. The Morgan fingerprint density at radius 3 is 2.05 bits per heavy atom. The van der Waals surface area contributed by atoms with Crippen LogP contribution in [0.3, 0.4) is 0 Å². The third-order valence-corrected chi connectivity index (χ3v) is 2.79. The van der Waals surface area contributed by atoms with Crippen LogP contribution < -0.4 is 5.32 Å². The molecule has 0 atom stereocenters. The van der Waals surface area contributed by atoms with E-state index in [2.05, 4.69) is 15.5 Å². The second kappa shape index (κ2) is 7.35. The Hall–Kier alpha value is -1.47. The Bertz CT molecular complexity index is 477.